The number of hydrogen-bond donors (Lipinski definition) is 1. The lowest BCUT2D eigenvalue weighted by Gasteiger charge is -2.20. The fourth-order valence-corrected chi connectivity index (χ4v) is 1.77. The van der Waals surface area contributed by atoms with E-state index in [9.17, 15) is 10.1 Å². The first-order valence-corrected chi connectivity index (χ1v) is 6.19. The summed E-state index contributed by atoms with van der Waals surface area (Å²) in [6, 6.07) is 0.0686. The molecule has 2 unspecified atom stereocenters. The van der Waals surface area contributed by atoms with Crippen LogP contribution >= 0.6 is 11.6 Å². The van der Waals surface area contributed by atoms with Crippen molar-refractivity contribution in [1.29, 1.82) is 0 Å². The molecule has 1 N–H and O–H groups in total. The van der Waals surface area contributed by atoms with Crippen LogP contribution in [-0.2, 0) is 0 Å². The molecule has 0 amide bonds. The molecular formula is C11H17ClN4O2. The van der Waals surface area contributed by atoms with Crippen LogP contribution in [0.15, 0.2) is 0 Å². The fraction of sp³-hybridized carbons (Fsp3) is 0.636. The Bertz CT molecular complexity index is 453. The molecule has 0 aliphatic heterocycles. The Balaban J connectivity index is 3.11. The van der Waals surface area contributed by atoms with Crippen LogP contribution in [0.5, 0.6) is 0 Å². The molecule has 1 rings (SSSR count). The second kappa shape index (κ2) is 5.95. The van der Waals surface area contributed by atoms with Crippen LogP contribution in [0.4, 0.5) is 11.5 Å². The first kappa shape index (κ1) is 14.6. The summed E-state index contributed by atoms with van der Waals surface area (Å²) >= 11 is 5.74. The highest BCUT2D eigenvalue weighted by Gasteiger charge is 2.23. The first-order valence-electron chi connectivity index (χ1n) is 5.81. The molecule has 0 aliphatic carbocycles. The lowest BCUT2D eigenvalue weighted by atomic mass is 10.0. The maximum absolute atomic E-state index is 11.0. The monoisotopic (exact) mass is 272 g/mol. The maximum atomic E-state index is 11.0. The van der Waals surface area contributed by atoms with Gasteiger partial charge in [-0.25, -0.2) is 4.98 Å². The summed E-state index contributed by atoms with van der Waals surface area (Å²) in [6.07, 6.45) is 0.972. The minimum absolute atomic E-state index is 0.0111. The van der Waals surface area contributed by atoms with Gasteiger partial charge in [-0.2, -0.15) is 4.98 Å². The quantitative estimate of drug-likeness (QED) is 0.506. The minimum Gasteiger partial charge on any atom is -0.361 e. The van der Waals surface area contributed by atoms with E-state index in [0.717, 1.165) is 6.42 Å². The van der Waals surface area contributed by atoms with Gasteiger partial charge in [0, 0.05) is 6.04 Å². The molecule has 2 atom stereocenters. The van der Waals surface area contributed by atoms with Crippen LogP contribution in [0.1, 0.15) is 32.9 Å². The summed E-state index contributed by atoms with van der Waals surface area (Å²) in [5, 5.41) is 14.1. The van der Waals surface area contributed by atoms with Crippen molar-refractivity contribution in [2.24, 2.45) is 5.92 Å². The van der Waals surface area contributed by atoms with E-state index in [2.05, 4.69) is 29.1 Å². The summed E-state index contributed by atoms with van der Waals surface area (Å²) < 4.78 is 0. The molecule has 0 aromatic carbocycles. The van der Waals surface area contributed by atoms with Crippen molar-refractivity contribution in [2.75, 3.05) is 5.32 Å². The molecule has 18 heavy (non-hydrogen) atoms. The summed E-state index contributed by atoms with van der Waals surface area (Å²) in [5.74, 6) is 0.559. The Labute approximate surface area is 111 Å². The largest absolute Gasteiger partial charge is 0.361 e. The average molecular weight is 273 g/mol. The van der Waals surface area contributed by atoms with Gasteiger partial charge in [-0.05, 0) is 31.4 Å². The number of rotatable bonds is 5. The van der Waals surface area contributed by atoms with Gasteiger partial charge < -0.3 is 5.32 Å². The molecule has 1 aromatic rings. The predicted molar refractivity (Wildman–Crippen MR) is 71.0 cm³/mol. The molecule has 0 saturated carbocycles. The van der Waals surface area contributed by atoms with Crippen LogP contribution in [0.2, 0.25) is 5.28 Å². The van der Waals surface area contributed by atoms with E-state index in [1.807, 2.05) is 6.92 Å². The standard InChI is InChI=1S/C11H17ClN4O2/c1-5-6(2)7(3)13-10-9(16(17)18)8(4)14-11(12)15-10/h6-7H,5H2,1-4H3,(H,13,14,15). The number of hydrogen-bond acceptors (Lipinski definition) is 5. The zero-order valence-electron chi connectivity index (χ0n) is 10.9. The second-order valence-electron chi connectivity index (χ2n) is 4.35. The Hall–Kier alpha value is -1.43. The van der Waals surface area contributed by atoms with Gasteiger partial charge in [-0.3, -0.25) is 10.1 Å². The molecule has 0 bridgehead atoms. The van der Waals surface area contributed by atoms with Crippen LogP contribution < -0.4 is 5.32 Å². The topological polar surface area (TPSA) is 81.0 Å². The normalized spacial score (nSPS) is 14.1. The third-order valence-electron chi connectivity index (χ3n) is 3.08. The van der Waals surface area contributed by atoms with Gasteiger partial charge in [-0.1, -0.05) is 20.3 Å². The number of nitrogens with zero attached hydrogens (tertiary/aromatic N) is 3. The fourth-order valence-electron chi connectivity index (χ4n) is 1.56. The third-order valence-corrected chi connectivity index (χ3v) is 3.24. The molecule has 1 aromatic heterocycles. The number of anilines is 1. The number of aromatic nitrogens is 2. The molecule has 100 valence electrons. The lowest BCUT2D eigenvalue weighted by molar-refractivity contribution is -0.385. The van der Waals surface area contributed by atoms with E-state index < -0.39 is 4.92 Å². The summed E-state index contributed by atoms with van der Waals surface area (Å²) in [6.45, 7) is 7.64. The number of nitro groups is 1. The number of halogens is 1. The van der Waals surface area contributed by atoms with E-state index in [-0.39, 0.29) is 28.5 Å². The van der Waals surface area contributed by atoms with E-state index in [0.29, 0.717) is 5.92 Å². The van der Waals surface area contributed by atoms with Crippen molar-refractivity contribution >= 4 is 23.1 Å². The minimum atomic E-state index is -0.489. The maximum Gasteiger partial charge on any atom is 0.332 e. The second-order valence-corrected chi connectivity index (χ2v) is 4.69. The highest BCUT2D eigenvalue weighted by molar-refractivity contribution is 6.28. The van der Waals surface area contributed by atoms with Crippen molar-refractivity contribution < 1.29 is 4.92 Å². The van der Waals surface area contributed by atoms with Gasteiger partial charge in [0.2, 0.25) is 11.1 Å². The van der Waals surface area contributed by atoms with Crippen molar-refractivity contribution in [2.45, 2.75) is 40.2 Å². The van der Waals surface area contributed by atoms with Crippen LogP contribution in [0.25, 0.3) is 0 Å². The molecule has 0 saturated heterocycles. The molecule has 7 heteroatoms. The van der Waals surface area contributed by atoms with Gasteiger partial charge >= 0.3 is 5.69 Å². The highest BCUT2D eigenvalue weighted by atomic mass is 35.5. The molecule has 0 aliphatic rings. The Kier molecular flexibility index (Phi) is 4.84. The smallest absolute Gasteiger partial charge is 0.332 e. The van der Waals surface area contributed by atoms with Crippen molar-refractivity contribution in [3.05, 3.63) is 21.1 Å². The molecule has 1 heterocycles. The summed E-state index contributed by atoms with van der Waals surface area (Å²) in [5.41, 5.74) is 0.147. The molecular weight excluding hydrogens is 256 g/mol. The van der Waals surface area contributed by atoms with Crippen LogP contribution in [0.3, 0.4) is 0 Å². The average Bonchev–Trinajstić information content (AvgIpc) is 2.26. The zero-order valence-corrected chi connectivity index (χ0v) is 11.7. The van der Waals surface area contributed by atoms with Gasteiger partial charge in [-0.15, -0.1) is 0 Å². The van der Waals surface area contributed by atoms with Crippen LogP contribution in [-0.4, -0.2) is 20.9 Å². The number of aryl methyl sites for hydroxylation is 1. The molecule has 0 fully saturated rings. The van der Waals surface area contributed by atoms with E-state index in [1.54, 1.807) is 6.92 Å². The first-order chi connectivity index (χ1) is 8.36. The molecule has 0 radical (unpaired) electrons. The van der Waals surface area contributed by atoms with E-state index in [4.69, 9.17) is 11.6 Å². The highest BCUT2D eigenvalue weighted by Crippen LogP contribution is 2.28. The SMILES string of the molecule is CCC(C)C(C)Nc1nc(Cl)nc(C)c1[N+](=O)[O-]. The molecule has 0 spiro atoms. The van der Waals surface area contributed by atoms with Crippen molar-refractivity contribution in [1.82, 2.24) is 9.97 Å². The predicted octanol–water partition coefficient (Wildman–Crippen LogP) is 3.19. The van der Waals surface area contributed by atoms with Crippen molar-refractivity contribution in [3.8, 4) is 0 Å². The summed E-state index contributed by atoms with van der Waals surface area (Å²) in [7, 11) is 0. The Morgan fingerprint density at radius 2 is 2.06 bits per heavy atom. The van der Waals surface area contributed by atoms with Gasteiger partial charge in [0.05, 0.1) is 4.92 Å². The van der Waals surface area contributed by atoms with E-state index in [1.165, 1.54) is 0 Å². The third kappa shape index (κ3) is 3.29. The lowest BCUT2D eigenvalue weighted by Crippen LogP contribution is -2.24. The zero-order chi connectivity index (χ0) is 13.9. The van der Waals surface area contributed by atoms with Gasteiger partial charge in [0.25, 0.3) is 0 Å². The van der Waals surface area contributed by atoms with Crippen molar-refractivity contribution in [3.63, 3.8) is 0 Å². The van der Waals surface area contributed by atoms with Gasteiger partial charge in [0.15, 0.2) is 0 Å². The van der Waals surface area contributed by atoms with E-state index >= 15 is 0 Å². The Morgan fingerprint density at radius 1 is 1.44 bits per heavy atom. The summed E-state index contributed by atoms with van der Waals surface area (Å²) in [4.78, 5) is 18.2. The molecule has 6 nitrogen and oxygen atoms in total. The Morgan fingerprint density at radius 3 is 2.56 bits per heavy atom. The van der Waals surface area contributed by atoms with Crippen LogP contribution in [0, 0.1) is 23.0 Å². The number of nitrogens with one attached hydrogen (secondary N) is 1. The van der Waals surface area contributed by atoms with Gasteiger partial charge in [0.1, 0.15) is 5.69 Å².